The highest BCUT2D eigenvalue weighted by atomic mass is 16.1. The molecule has 1 N–H and O–H groups in total. The summed E-state index contributed by atoms with van der Waals surface area (Å²) < 4.78 is 0. The van der Waals surface area contributed by atoms with Crippen LogP contribution in [0.5, 0.6) is 0 Å². The lowest BCUT2D eigenvalue weighted by Gasteiger charge is -2.31. The van der Waals surface area contributed by atoms with Crippen LogP contribution in [0, 0.1) is 0 Å². The Bertz CT molecular complexity index is 421. The van der Waals surface area contributed by atoms with Gasteiger partial charge in [0.2, 0.25) is 0 Å². The molecule has 2 atom stereocenters. The van der Waals surface area contributed by atoms with E-state index in [9.17, 15) is 4.79 Å². The van der Waals surface area contributed by atoms with Crippen LogP contribution >= 0.6 is 0 Å². The average molecular weight is 229 g/mol. The van der Waals surface area contributed by atoms with E-state index >= 15 is 0 Å². The van der Waals surface area contributed by atoms with Crippen molar-refractivity contribution >= 4 is 5.78 Å². The first-order chi connectivity index (χ1) is 8.34. The van der Waals surface area contributed by atoms with Crippen molar-refractivity contribution in [3.05, 3.63) is 35.4 Å². The summed E-state index contributed by atoms with van der Waals surface area (Å²) in [4.78, 5) is 12.1. The molecule has 0 aromatic heterocycles. The second kappa shape index (κ2) is 4.61. The van der Waals surface area contributed by atoms with Gasteiger partial charge in [0.05, 0.1) is 6.04 Å². The second-order valence-electron chi connectivity index (χ2n) is 5.27. The molecule has 1 aliphatic heterocycles. The zero-order valence-corrected chi connectivity index (χ0v) is 10.1. The van der Waals surface area contributed by atoms with E-state index < -0.39 is 0 Å². The fourth-order valence-electron chi connectivity index (χ4n) is 3.06. The minimum absolute atomic E-state index is 0.136. The zero-order chi connectivity index (χ0) is 11.7. The van der Waals surface area contributed by atoms with Gasteiger partial charge in [-0.15, -0.1) is 0 Å². The maximum absolute atomic E-state index is 12.1. The summed E-state index contributed by atoms with van der Waals surface area (Å²) in [6.45, 7) is 1.01. The Kier molecular flexibility index (Phi) is 2.98. The van der Waals surface area contributed by atoms with Crippen LogP contribution in [-0.2, 0) is 11.2 Å². The molecule has 1 fully saturated rings. The van der Waals surface area contributed by atoms with Crippen LogP contribution in [0.3, 0.4) is 0 Å². The first-order valence-electron chi connectivity index (χ1n) is 6.68. The number of benzene rings is 1. The van der Waals surface area contributed by atoms with Gasteiger partial charge in [0.1, 0.15) is 5.78 Å². The third-order valence-electron chi connectivity index (χ3n) is 4.11. The number of piperidine rings is 1. The average Bonchev–Trinajstić information content (AvgIpc) is 2.37. The number of hydrogen-bond acceptors (Lipinski definition) is 2. The Labute approximate surface area is 102 Å². The molecule has 17 heavy (non-hydrogen) atoms. The Hall–Kier alpha value is -1.15. The fraction of sp³-hybridized carbons (Fsp3) is 0.533. The number of rotatable bonds is 3. The van der Waals surface area contributed by atoms with Crippen molar-refractivity contribution in [3.63, 3.8) is 0 Å². The molecule has 2 unspecified atom stereocenters. The number of hydrogen-bond donors (Lipinski definition) is 1. The summed E-state index contributed by atoms with van der Waals surface area (Å²) >= 11 is 0. The Morgan fingerprint density at radius 2 is 2.18 bits per heavy atom. The van der Waals surface area contributed by atoms with Gasteiger partial charge in [-0.05, 0) is 42.9 Å². The SMILES string of the molecule is O=C(CC1Cc2ccccc21)C1CCCCN1. The molecule has 1 saturated heterocycles. The molecule has 0 amide bonds. The fourth-order valence-corrected chi connectivity index (χ4v) is 3.06. The molecule has 3 rings (SSSR count). The van der Waals surface area contributed by atoms with E-state index in [4.69, 9.17) is 0 Å². The van der Waals surface area contributed by atoms with Gasteiger partial charge in [0.15, 0.2) is 0 Å². The van der Waals surface area contributed by atoms with Crippen LogP contribution < -0.4 is 5.32 Å². The molecule has 90 valence electrons. The van der Waals surface area contributed by atoms with Crippen LogP contribution in [0.4, 0.5) is 0 Å². The maximum Gasteiger partial charge on any atom is 0.150 e. The highest BCUT2D eigenvalue weighted by Gasteiger charge is 2.30. The summed E-state index contributed by atoms with van der Waals surface area (Å²) in [6, 6.07) is 8.64. The highest BCUT2D eigenvalue weighted by molar-refractivity contribution is 5.85. The third kappa shape index (κ3) is 2.14. The van der Waals surface area contributed by atoms with E-state index in [1.54, 1.807) is 0 Å². The topological polar surface area (TPSA) is 29.1 Å². The zero-order valence-electron chi connectivity index (χ0n) is 10.1. The van der Waals surface area contributed by atoms with Crippen LogP contribution in [0.2, 0.25) is 0 Å². The van der Waals surface area contributed by atoms with E-state index in [2.05, 4.69) is 29.6 Å². The number of fused-ring (bicyclic) bond motifs is 1. The predicted molar refractivity (Wildman–Crippen MR) is 68.2 cm³/mol. The number of carbonyl (C=O) groups is 1. The van der Waals surface area contributed by atoms with Crippen molar-refractivity contribution in [1.29, 1.82) is 0 Å². The lowest BCUT2D eigenvalue weighted by atomic mass is 9.74. The first kappa shape index (κ1) is 11.0. The van der Waals surface area contributed by atoms with Crippen molar-refractivity contribution in [2.75, 3.05) is 6.54 Å². The maximum atomic E-state index is 12.1. The van der Waals surface area contributed by atoms with E-state index in [0.29, 0.717) is 11.7 Å². The molecular formula is C15H19NO. The van der Waals surface area contributed by atoms with Crippen molar-refractivity contribution in [3.8, 4) is 0 Å². The molecule has 2 heteroatoms. The summed E-state index contributed by atoms with van der Waals surface area (Å²) in [5.74, 6) is 0.909. The summed E-state index contributed by atoms with van der Waals surface area (Å²) in [7, 11) is 0. The van der Waals surface area contributed by atoms with E-state index in [0.717, 1.165) is 25.8 Å². The van der Waals surface area contributed by atoms with Gasteiger partial charge in [-0.25, -0.2) is 0 Å². The van der Waals surface area contributed by atoms with Crippen LogP contribution in [0.25, 0.3) is 0 Å². The van der Waals surface area contributed by atoms with Crippen LogP contribution in [0.15, 0.2) is 24.3 Å². The molecule has 0 spiro atoms. The molecular weight excluding hydrogens is 210 g/mol. The van der Waals surface area contributed by atoms with Gasteiger partial charge in [0.25, 0.3) is 0 Å². The molecule has 1 aliphatic carbocycles. The predicted octanol–water partition coefficient (Wildman–Crippen LogP) is 2.43. The molecule has 1 heterocycles. The van der Waals surface area contributed by atoms with Crippen molar-refractivity contribution in [2.45, 2.75) is 44.1 Å². The minimum Gasteiger partial charge on any atom is -0.307 e. The first-order valence-corrected chi connectivity index (χ1v) is 6.68. The standard InChI is InChI=1S/C15H19NO/c17-15(14-7-3-4-8-16-14)10-12-9-11-5-1-2-6-13(11)12/h1-2,5-6,12,14,16H,3-4,7-10H2. The van der Waals surface area contributed by atoms with Crippen molar-refractivity contribution in [1.82, 2.24) is 5.32 Å². The lowest BCUT2D eigenvalue weighted by Crippen LogP contribution is -2.41. The minimum atomic E-state index is 0.136. The molecule has 2 nitrogen and oxygen atoms in total. The van der Waals surface area contributed by atoms with E-state index in [-0.39, 0.29) is 6.04 Å². The van der Waals surface area contributed by atoms with E-state index in [1.807, 2.05) is 0 Å². The van der Waals surface area contributed by atoms with Crippen molar-refractivity contribution < 1.29 is 4.79 Å². The molecule has 0 bridgehead atoms. The highest BCUT2D eigenvalue weighted by Crippen LogP contribution is 2.37. The van der Waals surface area contributed by atoms with Crippen molar-refractivity contribution in [2.24, 2.45) is 0 Å². The normalized spacial score (nSPS) is 27.1. The Morgan fingerprint density at radius 3 is 2.94 bits per heavy atom. The number of nitrogens with one attached hydrogen (secondary N) is 1. The Morgan fingerprint density at radius 1 is 1.29 bits per heavy atom. The quantitative estimate of drug-likeness (QED) is 0.862. The van der Waals surface area contributed by atoms with Gasteiger partial charge in [-0.3, -0.25) is 4.79 Å². The third-order valence-corrected chi connectivity index (χ3v) is 4.11. The Balaban J connectivity index is 1.60. The summed E-state index contributed by atoms with van der Waals surface area (Å²) in [6.07, 6.45) is 5.28. The summed E-state index contributed by atoms with van der Waals surface area (Å²) in [5, 5.41) is 3.35. The van der Waals surface area contributed by atoms with Gasteiger partial charge >= 0.3 is 0 Å². The number of carbonyl (C=O) groups excluding carboxylic acids is 1. The van der Waals surface area contributed by atoms with Crippen LogP contribution in [-0.4, -0.2) is 18.4 Å². The van der Waals surface area contributed by atoms with Gasteiger partial charge in [-0.1, -0.05) is 30.7 Å². The number of ketones is 1. The summed E-state index contributed by atoms with van der Waals surface area (Å²) in [5.41, 5.74) is 2.83. The molecule has 1 aromatic carbocycles. The molecule has 0 saturated carbocycles. The van der Waals surface area contributed by atoms with Gasteiger partial charge < -0.3 is 5.32 Å². The number of Topliss-reactive ketones (excluding diaryl/α,β-unsaturated/α-hetero) is 1. The van der Waals surface area contributed by atoms with Gasteiger partial charge in [0, 0.05) is 6.42 Å². The molecule has 1 aromatic rings. The van der Waals surface area contributed by atoms with E-state index in [1.165, 1.54) is 24.0 Å². The van der Waals surface area contributed by atoms with Crippen LogP contribution in [0.1, 0.15) is 42.7 Å². The van der Waals surface area contributed by atoms with Gasteiger partial charge in [-0.2, -0.15) is 0 Å². The largest absolute Gasteiger partial charge is 0.307 e. The molecule has 0 radical (unpaired) electrons. The smallest absolute Gasteiger partial charge is 0.150 e. The lowest BCUT2D eigenvalue weighted by molar-refractivity contribution is -0.122. The second-order valence-corrected chi connectivity index (χ2v) is 5.27. The monoisotopic (exact) mass is 229 g/mol. The molecule has 2 aliphatic rings.